The lowest BCUT2D eigenvalue weighted by Gasteiger charge is -2.33. The Balaban J connectivity index is 1.34. The summed E-state index contributed by atoms with van der Waals surface area (Å²) in [5.74, 6) is -1.77. The summed E-state index contributed by atoms with van der Waals surface area (Å²) in [5.41, 5.74) is -1.01. The number of carbonyl (C=O) groups is 4. The zero-order valence-corrected chi connectivity index (χ0v) is 29.1. The van der Waals surface area contributed by atoms with Crippen molar-refractivity contribution in [3.05, 3.63) is 36.5 Å². The highest BCUT2D eigenvalue weighted by atomic mass is 32.2. The van der Waals surface area contributed by atoms with Crippen LogP contribution in [0, 0.1) is 17.8 Å². The second-order valence-electron chi connectivity index (χ2n) is 14.0. The topological polar surface area (TPSA) is 206 Å². The lowest BCUT2D eigenvalue weighted by atomic mass is 9.85. The minimum absolute atomic E-state index is 0.0170. The molecule has 1 saturated heterocycles. The van der Waals surface area contributed by atoms with E-state index in [1.54, 1.807) is 18.2 Å². The molecule has 2 aliphatic heterocycles. The number of carbonyl (C=O) groups excluding carboxylic acids is 3. The van der Waals surface area contributed by atoms with Gasteiger partial charge in [-0.2, -0.15) is 10.2 Å². The van der Waals surface area contributed by atoms with Gasteiger partial charge in [-0.15, -0.1) is 0 Å². The standard InChI is InChI=1S/C34H44N6O9S/c1-4-20-13-19(2)7-5-6-8-21-16-34(21,32(43)39-50(46,47)24-10-11-24)37-30(41)27-15-23(18-40(27)31(42)29(20)36-33(44)45)49-28-17-35-38-26-14-22(48-3)9-12-25(26)28/h6,8-9,12,14,17,19-21,23-24,27,29,36H,4-5,7,10-11,13,15-16,18H2,1-3H3,(H,37,41)(H,39,43)(H,44,45)/b8-6-/t19-,20-,21-,23-,27+,29+,34-/m1/s1. The number of fused-ring (bicyclic) bond motifs is 3. The highest BCUT2D eigenvalue weighted by Gasteiger charge is 2.62. The summed E-state index contributed by atoms with van der Waals surface area (Å²) in [4.78, 5) is 55.7. The summed E-state index contributed by atoms with van der Waals surface area (Å²) in [6, 6.07) is 2.92. The first kappa shape index (κ1) is 35.4. The zero-order valence-electron chi connectivity index (χ0n) is 28.3. The third kappa shape index (κ3) is 7.35. The van der Waals surface area contributed by atoms with Crippen LogP contribution in [0.3, 0.4) is 0 Å². The Kier molecular flexibility index (Phi) is 9.93. The number of amides is 4. The Morgan fingerprint density at radius 1 is 1.18 bits per heavy atom. The van der Waals surface area contributed by atoms with Crippen molar-refractivity contribution >= 4 is 44.7 Å². The van der Waals surface area contributed by atoms with Gasteiger partial charge < -0.3 is 30.1 Å². The van der Waals surface area contributed by atoms with Crippen molar-refractivity contribution in [3.8, 4) is 11.5 Å². The van der Waals surface area contributed by atoms with Gasteiger partial charge in [-0.3, -0.25) is 19.1 Å². The summed E-state index contributed by atoms with van der Waals surface area (Å²) in [6.07, 6.45) is 6.77. The maximum atomic E-state index is 14.4. The van der Waals surface area contributed by atoms with Gasteiger partial charge in [0.15, 0.2) is 0 Å². The number of sulfonamides is 1. The van der Waals surface area contributed by atoms with Gasteiger partial charge in [0.2, 0.25) is 21.8 Å². The molecule has 0 radical (unpaired) electrons. The number of hydrogen-bond donors (Lipinski definition) is 4. The molecule has 3 heterocycles. The van der Waals surface area contributed by atoms with Crippen LogP contribution < -0.4 is 24.8 Å². The Labute approximate surface area is 290 Å². The summed E-state index contributed by atoms with van der Waals surface area (Å²) in [5, 5.41) is 23.3. The van der Waals surface area contributed by atoms with E-state index in [-0.39, 0.29) is 31.2 Å². The summed E-state index contributed by atoms with van der Waals surface area (Å²) < 4.78 is 39.4. The molecule has 6 rings (SSSR count). The van der Waals surface area contributed by atoms with Crippen LogP contribution in [0.15, 0.2) is 36.5 Å². The predicted molar refractivity (Wildman–Crippen MR) is 181 cm³/mol. The second kappa shape index (κ2) is 14.0. The van der Waals surface area contributed by atoms with Crippen molar-refractivity contribution in [2.24, 2.45) is 17.8 Å². The molecule has 1 aromatic carbocycles. The van der Waals surface area contributed by atoms with Gasteiger partial charge in [0.05, 0.1) is 25.1 Å². The number of aromatic nitrogens is 2. The molecule has 3 fully saturated rings. The predicted octanol–water partition coefficient (Wildman–Crippen LogP) is 2.51. The molecule has 0 unspecified atom stereocenters. The highest BCUT2D eigenvalue weighted by Crippen LogP contribution is 2.46. The Hall–Kier alpha value is -4.47. The summed E-state index contributed by atoms with van der Waals surface area (Å²) in [6.45, 7) is 3.89. The van der Waals surface area contributed by atoms with E-state index in [9.17, 15) is 32.7 Å². The Bertz CT molecular complexity index is 1800. The lowest BCUT2D eigenvalue weighted by Crippen LogP contribution is -2.59. The first-order valence-corrected chi connectivity index (χ1v) is 18.7. The van der Waals surface area contributed by atoms with E-state index in [4.69, 9.17) is 9.47 Å². The summed E-state index contributed by atoms with van der Waals surface area (Å²) in [7, 11) is -2.37. The average molecular weight is 713 g/mol. The fourth-order valence-corrected chi connectivity index (χ4v) is 8.63. The molecule has 2 aliphatic carbocycles. The number of hydrogen-bond acceptors (Lipinski definition) is 10. The third-order valence-electron chi connectivity index (χ3n) is 10.4. The molecule has 4 N–H and O–H groups in total. The van der Waals surface area contributed by atoms with Crippen molar-refractivity contribution in [2.45, 2.75) is 94.2 Å². The van der Waals surface area contributed by atoms with Gasteiger partial charge >= 0.3 is 6.09 Å². The van der Waals surface area contributed by atoms with Gasteiger partial charge in [-0.1, -0.05) is 32.4 Å². The van der Waals surface area contributed by atoms with E-state index >= 15 is 0 Å². The molecule has 1 aromatic heterocycles. The molecular weight excluding hydrogens is 668 g/mol. The van der Waals surface area contributed by atoms with Crippen LogP contribution in [0.1, 0.15) is 65.2 Å². The first-order chi connectivity index (χ1) is 23.8. The van der Waals surface area contributed by atoms with Gasteiger partial charge in [0.1, 0.15) is 40.7 Å². The van der Waals surface area contributed by atoms with E-state index in [0.29, 0.717) is 54.5 Å². The second-order valence-corrected chi connectivity index (χ2v) is 15.9. The first-order valence-electron chi connectivity index (χ1n) is 17.2. The number of ether oxygens (including phenoxy) is 2. The normalized spacial score (nSPS) is 30.9. The zero-order chi connectivity index (χ0) is 35.8. The number of benzene rings is 1. The van der Waals surface area contributed by atoms with Crippen molar-refractivity contribution in [3.63, 3.8) is 0 Å². The van der Waals surface area contributed by atoms with Gasteiger partial charge in [0, 0.05) is 23.8 Å². The van der Waals surface area contributed by atoms with Gasteiger partial charge in [-0.05, 0) is 62.5 Å². The molecule has 270 valence electrons. The van der Waals surface area contributed by atoms with Gasteiger partial charge in [0.25, 0.3) is 5.91 Å². The molecule has 16 heteroatoms. The SMILES string of the molecule is CC[C@@H]1C[C@H](C)CC/C=C\[C@@H]2C[C@@]2(C(=O)NS(=O)(=O)C2CC2)NC(=O)[C@@H]2C[C@@H](Oc3cnnc4cc(OC)ccc34)CN2C(=O)[C@H]1NC(=O)O. The monoisotopic (exact) mass is 712 g/mol. The smallest absolute Gasteiger partial charge is 0.405 e. The molecule has 2 saturated carbocycles. The Morgan fingerprint density at radius 2 is 1.96 bits per heavy atom. The Morgan fingerprint density at radius 3 is 2.66 bits per heavy atom. The van der Waals surface area contributed by atoms with Crippen molar-refractivity contribution < 1.29 is 42.2 Å². The average Bonchev–Trinajstić information content (AvgIpc) is 4.01. The van der Waals surface area contributed by atoms with E-state index in [1.165, 1.54) is 18.2 Å². The molecule has 2 aromatic rings. The number of nitrogens with one attached hydrogen (secondary N) is 3. The van der Waals surface area contributed by atoms with E-state index in [1.807, 2.05) is 26.0 Å². The molecule has 0 bridgehead atoms. The maximum Gasteiger partial charge on any atom is 0.405 e. The van der Waals surface area contributed by atoms with E-state index in [0.717, 1.165) is 6.42 Å². The van der Waals surface area contributed by atoms with Crippen LogP contribution in [0.25, 0.3) is 10.9 Å². The number of rotatable bonds is 8. The summed E-state index contributed by atoms with van der Waals surface area (Å²) >= 11 is 0. The third-order valence-corrected chi connectivity index (χ3v) is 12.2. The van der Waals surface area contributed by atoms with Crippen molar-refractivity contribution in [1.82, 2.24) is 30.5 Å². The van der Waals surface area contributed by atoms with Crippen molar-refractivity contribution in [1.29, 1.82) is 0 Å². The molecule has 4 aliphatic rings. The van der Waals surface area contributed by atoms with E-state index in [2.05, 4.69) is 25.6 Å². The van der Waals surface area contributed by atoms with Crippen LogP contribution in [-0.4, -0.2) is 95.1 Å². The molecule has 0 spiro atoms. The highest BCUT2D eigenvalue weighted by molar-refractivity contribution is 7.91. The number of nitrogens with zero attached hydrogens (tertiary/aromatic N) is 3. The van der Waals surface area contributed by atoms with Crippen LogP contribution in [0.4, 0.5) is 4.79 Å². The van der Waals surface area contributed by atoms with E-state index < -0.39 is 68.7 Å². The fraction of sp³-hybridized carbons (Fsp3) is 0.588. The fourth-order valence-electron chi connectivity index (χ4n) is 7.27. The number of methoxy groups -OCH3 is 1. The number of allylic oxidation sites excluding steroid dienone is 1. The maximum absolute atomic E-state index is 14.4. The minimum atomic E-state index is -3.90. The number of carboxylic acid groups (broad SMARTS) is 1. The minimum Gasteiger partial charge on any atom is -0.497 e. The quantitative estimate of drug-likeness (QED) is 0.293. The van der Waals surface area contributed by atoms with Crippen LogP contribution in [-0.2, 0) is 24.4 Å². The van der Waals surface area contributed by atoms with Gasteiger partial charge in [-0.25, -0.2) is 13.2 Å². The molecular formula is C34H44N6O9S. The molecule has 4 amide bonds. The van der Waals surface area contributed by atoms with Crippen LogP contribution >= 0.6 is 0 Å². The molecule has 15 nitrogen and oxygen atoms in total. The van der Waals surface area contributed by atoms with Crippen LogP contribution in [0.5, 0.6) is 11.5 Å². The van der Waals surface area contributed by atoms with Crippen molar-refractivity contribution in [2.75, 3.05) is 13.7 Å². The largest absolute Gasteiger partial charge is 0.497 e. The molecule has 50 heavy (non-hydrogen) atoms. The molecule has 7 atom stereocenters. The lowest BCUT2D eigenvalue weighted by molar-refractivity contribution is -0.142. The van der Waals surface area contributed by atoms with Crippen LogP contribution in [0.2, 0.25) is 0 Å².